The van der Waals surface area contributed by atoms with Gasteiger partial charge in [-0.25, -0.2) is 19.1 Å². The largest absolute Gasteiger partial charge is 0.481 e. The maximum absolute atomic E-state index is 11.7. The van der Waals surface area contributed by atoms with Gasteiger partial charge in [-0.1, -0.05) is 0 Å². The molecule has 1 aliphatic rings. The maximum Gasteiger partial charge on any atom is 0.481 e. The number of imidazole rings is 1. The molecule has 29 heavy (non-hydrogen) atoms. The molecule has 19 heteroatoms. The van der Waals surface area contributed by atoms with Crippen molar-refractivity contribution in [1.82, 2.24) is 19.5 Å². The zero-order valence-electron chi connectivity index (χ0n) is 14.6. The van der Waals surface area contributed by atoms with E-state index in [0.29, 0.717) is 0 Å². The summed E-state index contributed by atoms with van der Waals surface area (Å²) in [5.74, 6) is 0. The molecular weight excluding hydrogens is 453 g/mol. The molecule has 159 valence electrons. The van der Waals surface area contributed by atoms with Crippen molar-refractivity contribution in [1.29, 1.82) is 0 Å². The van der Waals surface area contributed by atoms with E-state index in [1.165, 1.54) is 4.57 Å². The molecule has 0 spiro atoms. The predicted molar refractivity (Wildman–Crippen MR) is 92.3 cm³/mol. The number of fused-ring (bicyclic) bond motifs is 1. The summed E-state index contributed by atoms with van der Waals surface area (Å²) in [6.45, 7) is -0.844. The van der Waals surface area contributed by atoms with Gasteiger partial charge >= 0.3 is 15.6 Å². The van der Waals surface area contributed by atoms with Crippen molar-refractivity contribution in [2.75, 3.05) is 6.61 Å². The Balaban J connectivity index is 0.00000210. The third-order valence-electron chi connectivity index (χ3n) is 3.59. The van der Waals surface area contributed by atoms with Crippen molar-refractivity contribution in [2.24, 2.45) is 0 Å². The Morgan fingerprint density at radius 1 is 1.21 bits per heavy atom. The van der Waals surface area contributed by atoms with E-state index in [-0.39, 0.29) is 46.2 Å². The predicted octanol–water partition coefficient (Wildman–Crippen LogP) is -3.24. The van der Waals surface area contributed by atoms with Crippen molar-refractivity contribution in [3.63, 3.8) is 0 Å². The molecule has 3 rings (SSSR count). The van der Waals surface area contributed by atoms with Crippen molar-refractivity contribution in [3.05, 3.63) is 23.0 Å². The number of phosphoric acid groups is 2. The second-order valence-corrected chi connectivity index (χ2v) is 8.27. The standard InChI is InChI=1S/C10H14N4O11P2.Na.H2O/c15-6-4(1-23-27(21,22)25-26(18,19)20)24-10(7(6)16)14-3-13-5-8(14)11-2-12-9(5)17;;/h2-4,6-7,10,15-16H,1H2,(H,21,22)(H,11,12,17)(H2,18,19,20);;1H2. The van der Waals surface area contributed by atoms with E-state index in [9.17, 15) is 29.0 Å². The van der Waals surface area contributed by atoms with Crippen molar-refractivity contribution >= 4 is 56.4 Å². The van der Waals surface area contributed by atoms with Crippen LogP contribution in [-0.2, 0) is 22.7 Å². The Labute approximate surface area is 182 Å². The number of nitrogens with zero attached hydrogens (tertiary/aromatic N) is 3. The second-order valence-electron chi connectivity index (χ2n) is 5.44. The molecule has 1 aliphatic heterocycles. The normalized spacial score (nSPS) is 26.5. The van der Waals surface area contributed by atoms with E-state index in [1.807, 2.05) is 0 Å². The minimum Gasteiger partial charge on any atom is -0.412 e. The van der Waals surface area contributed by atoms with E-state index < -0.39 is 52.4 Å². The number of phosphoric ester groups is 1. The zero-order valence-corrected chi connectivity index (χ0v) is 18.4. The van der Waals surface area contributed by atoms with E-state index in [0.717, 1.165) is 12.7 Å². The van der Waals surface area contributed by atoms with Crippen molar-refractivity contribution < 1.29 is 53.1 Å². The molecule has 5 atom stereocenters. The molecule has 16 nitrogen and oxygen atoms in total. The van der Waals surface area contributed by atoms with Crippen molar-refractivity contribution in [2.45, 2.75) is 24.5 Å². The van der Waals surface area contributed by atoms with E-state index >= 15 is 0 Å². The molecule has 0 aromatic carbocycles. The van der Waals surface area contributed by atoms with E-state index in [2.05, 4.69) is 23.8 Å². The van der Waals surface area contributed by atoms with Crippen LogP contribution in [0.15, 0.2) is 17.4 Å². The average molecular weight is 469 g/mol. The molecule has 5 unspecified atom stereocenters. The monoisotopic (exact) mass is 469 g/mol. The van der Waals surface area contributed by atoms with Crippen LogP contribution in [0.25, 0.3) is 11.2 Å². The molecule has 0 bridgehead atoms. The van der Waals surface area contributed by atoms with Gasteiger partial charge in [0.25, 0.3) is 5.56 Å². The van der Waals surface area contributed by atoms with Crippen LogP contribution >= 0.6 is 15.6 Å². The van der Waals surface area contributed by atoms with Gasteiger partial charge in [-0.05, 0) is 0 Å². The molecule has 3 heterocycles. The van der Waals surface area contributed by atoms with Gasteiger partial charge in [0.2, 0.25) is 0 Å². The first-order chi connectivity index (χ1) is 12.5. The van der Waals surface area contributed by atoms with Gasteiger partial charge in [-0.3, -0.25) is 13.9 Å². The molecule has 2 aromatic rings. The molecule has 1 saturated heterocycles. The Kier molecular flexibility index (Phi) is 8.88. The number of rotatable bonds is 6. The van der Waals surface area contributed by atoms with Gasteiger partial charge in [-0.15, -0.1) is 0 Å². The fraction of sp³-hybridized carbons (Fsp3) is 0.500. The quantitative estimate of drug-likeness (QED) is 0.180. The Hall–Kier alpha value is -0.550. The SMILES string of the molecule is O.O=c1[nH]cnc2c1ncn2C1OC(COP(=O)(O)OP(=O)(O)O)C(O)C1O.[Na]. The number of nitrogens with one attached hydrogen (secondary N) is 1. The molecule has 0 saturated carbocycles. The molecule has 1 fully saturated rings. The third-order valence-corrected chi connectivity index (χ3v) is 5.74. The number of aliphatic hydroxyl groups excluding tert-OH is 2. The zero-order chi connectivity index (χ0) is 20.0. The molecule has 8 N–H and O–H groups in total. The minimum atomic E-state index is -5.30. The Morgan fingerprint density at radius 3 is 2.48 bits per heavy atom. The molecule has 2 aromatic heterocycles. The van der Waals surface area contributed by atoms with Gasteiger partial charge in [0.15, 0.2) is 17.4 Å². The number of hydrogen-bond acceptors (Lipinski definition) is 10. The molecule has 0 amide bonds. The topological polar surface area (TPSA) is 258 Å². The first kappa shape index (κ1) is 26.5. The summed E-state index contributed by atoms with van der Waals surface area (Å²) in [6.07, 6.45) is -3.56. The summed E-state index contributed by atoms with van der Waals surface area (Å²) >= 11 is 0. The van der Waals surface area contributed by atoms with Gasteiger partial charge in [0.1, 0.15) is 18.3 Å². The first-order valence-electron chi connectivity index (χ1n) is 7.14. The van der Waals surface area contributed by atoms with Crippen LogP contribution < -0.4 is 5.56 Å². The van der Waals surface area contributed by atoms with Gasteiger partial charge < -0.3 is 40.1 Å². The van der Waals surface area contributed by atoms with Crippen LogP contribution in [0.1, 0.15) is 6.23 Å². The number of hydrogen-bond donors (Lipinski definition) is 6. The molecule has 1 radical (unpaired) electrons. The smallest absolute Gasteiger partial charge is 0.412 e. The number of aliphatic hydroxyl groups is 2. The fourth-order valence-corrected chi connectivity index (χ4v) is 4.07. The van der Waals surface area contributed by atoms with Crippen LogP contribution in [0.4, 0.5) is 0 Å². The molecular formula is C10H16N4NaO12P2. The maximum atomic E-state index is 11.7. The number of aromatic nitrogens is 4. The third kappa shape index (κ3) is 6.00. The Morgan fingerprint density at radius 2 is 1.86 bits per heavy atom. The van der Waals surface area contributed by atoms with Crippen LogP contribution in [0.3, 0.4) is 0 Å². The number of ether oxygens (including phenoxy) is 1. The number of aromatic amines is 1. The van der Waals surface area contributed by atoms with Gasteiger partial charge in [-0.2, -0.15) is 4.31 Å². The van der Waals surface area contributed by atoms with Crippen LogP contribution in [0.2, 0.25) is 0 Å². The molecule has 0 aliphatic carbocycles. The summed E-state index contributed by atoms with van der Waals surface area (Å²) in [6, 6.07) is 0. The number of H-pyrrole nitrogens is 1. The van der Waals surface area contributed by atoms with Crippen molar-refractivity contribution in [3.8, 4) is 0 Å². The van der Waals surface area contributed by atoms with Crippen LogP contribution in [-0.4, -0.2) is 104 Å². The average Bonchev–Trinajstić information content (AvgIpc) is 3.07. The summed E-state index contributed by atoms with van der Waals surface area (Å²) < 4.78 is 36.6. The van der Waals surface area contributed by atoms with Gasteiger partial charge in [0.05, 0.1) is 19.3 Å². The van der Waals surface area contributed by atoms with Gasteiger partial charge in [0, 0.05) is 29.6 Å². The van der Waals surface area contributed by atoms with E-state index in [1.54, 1.807) is 0 Å². The minimum absolute atomic E-state index is 0. The fourth-order valence-electron chi connectivity index (χ4n) is 2.47. The van der Waals surface area contributed by atoms with Crippen LogP contribution in [0, 0.1) is 0 Å². The Bertz CT molecular complexity index is 992. The van der Waals surface area contributed by atoms with Crippen LogP contribution in [0.5, 0.6) is 0 Å². The van der Waals surface area contributed by atoms with E-state index in [4.69, 9.17) is 14.5 Å². The second kappa shape index (κ2) is 9.72. The summed E-state index contributed by atoms with van der Waals surface area (Å²) in [7, 11) is -10.5. The first-order valence-corrected chi connectivity index (χ1v) is 10.2. The summed E-state index contributed by atoms with van der Waals surface area (Å²) in [5, 5.41) is 20.2. The summed E-state index contributed by atoms with van der Waals surface area (Å²) in [4.78, 5) is 48.0. The summed E-state index contributed by atoms with van der Waals surface area (Å²) in [5.41, 5.74) is -0.533.